The van der Waals surface area contributed by atoms with Crippen LogP contribution in [0.4, 0.5) is 0 Å². The SMILES string of the molecule is CC(C)(C)OO[C@]12C3=C4[C@]5(OOC(C)(C)C)c6c1c1c7c2c2c8c9c%10c%11c%12c%13c%14c%15c%16c%17c(c5c5c6c6c1c1c%18c7c8c7c8c9c%12c9c%12c%13c%16c%13c%16c%17c5c5c6c1c1c(c5%16)c(c%13%12)c(c89)c1c%187)[C@@]%15(OOC(C)(C)C)[C@]4(O)[C@](OOC(C)(C)C)([C@]%14%11OOC(C)(C)C)[C@@]31O[C@]2%101. The molecule has 1 heterocycles. The van der Waals surface area contributed by atoms with E-state index < -0.39 is 72.8 Å². The first kappa shape index (κ1) is 44.4. The first-order chi connectivity index (χ1) is 43.7. The van der Waals surface area contributed by atoms with Gasteiger partial charge in [-0.1, -0.05) is 0 Å². The summed E-state index contributed by atoms with van der Waals surface area (Å²) < 4.78 is 8.90. The van der Waals surface area contributed by atoms with Crippen molar-refractivity contribution < 1.29 is 58.7 Å². The molecule has 0 aromatic heterocycles. The highest BCUT2D eigenvalue weighted by molar-refractivity contribution is 6.77. The second-order valence-electron chi connectivity index (χ2n) is 36.5. The van der Waals surface area contributed by atoms with E-state index in [1.807, 2.05) is 62.3 Å². The molecule has 1 fully saturated rings. The van der Waals surface area contributed by atoms with Crippen LogP contribution >= 0.6 is 0 Å². The van der Waals surface area contributed by atoms with Crippen LogP contribution in [0.1, 0.15) is 159 Å². The number of hydrogen-bond acceptors (Lipinski definition) is 12. The third-order valence-electron chi connectivity index (χ3n) is 27.5. The zero-order chi connectivity index (χ0) is 60.3. The van der Waals surface area contributed by atoms with Crippen molar-refractivity contribution in [1.82, 2.24) is 0 Å². The molecule has 8 atom stereocenters. The first-order valence-electron chi connectivity index (χ1n) is 33.5. The summed E-state index contributed by atoms with van der Waals surface area (Å²) in [6.45, 7) is 30.7. The molecule has 11 aliphatic carbocycles. The van der Waals surface area contributed by atoms with Gasteiger partial charge in [0.25, 0.3) is 0 Å². The van der Waals surface area contributed by atoms with E-state index >= 15 is 5.11 Å². The molecule has 92 heavy (non-hydrogen) atoms. The lowest BCUT2D eigenvalue weighted by molar-refractivity contribution is -0.531. The molecule has 21 aromatic carbocycles. The lowest BCUT2D eigenvalue weighted by Gasteiger charge is -2.66. The van der Waals surface area contributed by atoms with Crippen LogP contribution in [0.15, 0.2) is 11.1 Å². The molecule has 12 nitrogen and oxygen atoms in total. The van der Waals surface area contributed by atoms with Crippen LogP contribution in [-0.4, -0.2) is 49.9 Å². The standard InChI is InChI=1S/C80H46O12/c1-68(2,3)83-88-73-56-46-36-26-21-16-17-19-20-18(16)23-29-27(21)37(36)47-49-39(29)41-31(23)33-25(20)35-34-24(19)32-30-22(17)28(26)38-40(30)50-52-42(32)44(34)54-55-45(35)43(33)53-51(41)61-59(49)74(57(47)56,89-84-69(4,5)6)67-66(73)78(81)75(90-85-70(7,8)9,60(50)58(73)48(38)46)62(52)64(54)77(91-86-71(10,11)12)65(55)63(53)76(61)79(67,82-76)80(77,78)92-87-72(13,14)15/h81H,1-15H3/t73-,74+,75-,76+,77-,78-,79+,80+/m0/s1. The number of hydrogen-bond donors (Lipinski definition) is 1. The van der Waals surface area contributed by atoms with Crippen LogP contribution in [-0.2, 0) is 81.6 Å². The fourth-order valence-corrected chi connectivity index (χ4v) is 27.2. The molecule has 1 N–H and O–H groups in total. The van der Waals surface area contributed by atoms with E-state index in [1.54, 1.807) is 0 Å². The summed E-state index contributed by atoms with van der Waals surface area (Å²) in [5.41, 5.74) is -9.85. The van der Waals surface area contributed by atoms with Crippen LogP contribution in [0.2, 0.25) is 0 Å². The number of ether oxygens (including phenoxy) is 1. The minimum Gasteiger partial charge on any atom is -0.378 e. The second kappa shape index (κ2) is 10.1. The summed E-state index contributed by atoms with van der Waals surface area (Å²) in [5, 5.41) is 69.1. The Morgan fingerprint density at radius 2 is 0.457 bits per heavy atom. The second-order valence-corrected chi connectivity index (χ2v) is 36.5. The van der Waals surface area contributed by atoms with Gasteiger partial charge < -0.3 is 9.84 Å². The summed E-state index contributed by atoms with van der Waals surface area (Å²) in [7, 11) is 0. The highest BCUT2D eigenvalue weighted by Gasteiger charge is 3.09. The maximum Gasteiger partial charge on any atom is 0.216 e. The molecule has 33 rings (SSSR count). The van der Waals surface area contributed by atoms with Crippen molar-refractivity contribution in [3.8, 4) is 0 Å². The van der Waals surface area contributed by atoms with Gasteiger partial charge in [0, 0.05) is 66.8 Å². The molecule has 0 saturated carbocycles. The Morgan fingerprint density at radius 3 is 0.804 bits per heavy atom. The summed E-state index contributed by atoms with van der Waals surface area (Å²) in [5.74, 6) is 0. The predicted octanol–water partition coefficient (Wildman–Crippen LogP) is 17.8. The quantitative estimate of drug-likeness (QED) is 0.0461. The van der Waals surface area contributed by atoms with Gasteiger partial charge in [-0.05, 0) is 319 Å². The smallest absolute Gasteiger partial charge is 0.216 e. The van der Waals surface area contributed by atoms with E-state index in [1.165, 1.54) is 178 Å². The number of aliphatic hydroxyl groups is 1. The van der Waals surface area contributed by atoms with Crippen molar-refractivity contribution in [3.63, 3.8) is 0 Å². The first-order valence-corrected chi connectivity index (χ1v) is 33.5. The molecule has 1 saturated heterocycles. The molecule has 0 unspecified atom stereocenters. The maximum absolute atomic E-state index is 17.8. The van der Waals surface area contributed by atoms with E-state index in [-0.39, 0.29) is 0 Å². The van der Waals surface area contributed by atoms with Crippen molar-refractivity contribution in [2.45, 2.75) is 177 Å². The van der Waals surface area contributed by atoms with Crippen LogP contribution < -0.4 is 0 Å². The van der Waals surface area contributed by atoms with Gasteiger partial charge in [0.15, 0.2) is 39.2 Å². The molecule has 2 spiro atoms. The third kappa shape index (κ3) is 2.80. The largest absolute Gasteiger partial charge is 0.378 e. The Balaban J connectivity index is 1.04. The van der Waals surface area contributed by atoms with Gasteiger partial charge in [-0.25, -0.2) is 48.9 Å². The van der Waals surface area contributed by atoms with E-state index in [0.29, 0.717) is 11.1 Å². The van der Waals surface area contributed by atoms with Gasteiger partial charge in [0.2, 0.25) is 5.60 Å². The van der Waals surface area contributed by atoms with Gasteiger partial charge in [-0.2, -0.15) is 0 Å². The molecule has 0 amide bonds. The van der Waals surface area contributed by atoms with Crippen LogP contribution in [0.3, 0.4) is 0 Å². The van der Waals surface area contributed by atoms with Crippen molar-refractivity contribution in [2.24, 2.45) is 0 Å². The highest BCUT2D eigenvalue weighted by atomic mass is 17.3. The van der Waals surface area contributed by atoms with Gasteiger partial charge in [0.1, 0.15) is 0 Å². The molecule has 12 aliphatic rings. The lowest BCUT2D eigenvalue weighted by Crippen LogP contribution is -2.84. The minimum absolute atomic E-state index is 0.465. The number of benzene rings is 15. The maximum atomic E-state index is 17.8. The predicted molar refractivity (Wildman–Crippen MR) is 350 cm³/mol. The van der Waals surface area contributed by atoms with Gasteiger partial charge in [-0.3, -0.25) is 0 Å². The van der Waals surface area contributed by atoms with Crippen molar-refractivity contribution in [2.75, 3.05) is 0 Å². The number of epoxide rings is 1. The lowest BCUT2D eigenvalue weighted by atomic mass is 9.43. The topological polar surface area (TPSA) is 125 Å². The van der Waals surface area contributed by atoms with Crippen molar-refractivity contribution in [3.05, 3.63) is 66.8 Å². The summed E-state index contributed by atoms with van der Waals surface area (Å²) in [6, 6.07) is 0. The van der Waals surface area contributed by atoms with Gasteiger partial charge in [-0.15, -0.1) is 0 Å². The van der Waals surface area contributed by atoms with E-state index in [4.69, 9.17) is 53.6 Å². The molecular formula is C80H46O12. The summed E-state index contributed by atoms with van der Waals surface area (Å²) in [6.07, 6.45) is 0. The Morgan fingerprint density at radius 1 is 0.239 bits per heavy atom. The van der Waals surface area contributed by atoms with Crippen LogP contribution in [0.5, 0.6) is 0 Å². The summed E-state index contributed by atoms with van der Waals surface area (Å²) in [4.78, 5) is 78.6. The fourth-order valence-electron chi connectivity index (χ4n) is 27.2. The van der Waals surface area contributed by atoms with E-state index in [2.05, 4.69) is 41.5 Å². The van der Waals surface area contributed by atoms with Crippen molar-refractivity contribution >= 4 is 215 Å². The molecule has 0 radical (unpaired) electrons. The highest BCUT2D eigenvalue weighted by Crippen LogP contribution is 2.99. The third-order valence-corrected chi connectivity index (χ3v) is 27.5. The molecule has 1 aliphatic heterocycles. The Labute approximate surface area is 515 Å². The Kier molecular flexibility index (Phi) is 4.90. The minimum atomic E-state index is -2.56. The molecule has 0 bridgehead atoms. The zero-order valence-electron chi connectivity index (χ0n) is 52.4. The van der Waals surface area contributed by atoms with E-state index in [0.717, 1.165) is 93.3 Å². The van der Waals surface area contributed by atoms with Gasteiger partial charge in [0.05, 0.1) is 28.0 Å². The van der Waals surface area contributed by atoms with Crippen LogP contribution in [0.25, 0.3) is 215 Å². The van der Waals surface area contributed by atoms with Gasteiger partial charge >= 0.3 is 0 Å². The average molecular weight is 1200 g/mol. The molecular weight excluding hydrogens is 1150 g/mol. The molecule has 438 valence electrons. The molecule has 12 heteroatoms. The Bertz CT molecular complexity index is 7580. The summed E-state index contributed by atoms with van der Waals surface area (Å²) >= 11 is 0. The van der Waals surface area contributed by atoms with Crippen molar-refractivity contribution in [1.29, 1.82) is 0 Å². The monoisotopic (exact) mass is 1200 g/mol. The fraction of sp³-hybridized carbons (Fsp3) is 0.350. The Hall–Kier alpha value is -7.24. The van der Waals surface area contributed by atoms with E-state index in [9.17, 15) is 0 Å². The average Bonchev–Trinajstić information content (AvgIpc) is 1.35. The van der Waals surface area contributed by atoms with Crippen LogP contribution in [0, 0.1) is 0 Å². The normalized spacial score (nSPS) is 32.0. The zero-order valence-corrected chi connectivity index (χ0v) is 52.4. The number of rotatable bonds is 10. The molecule has 21 aromatic rings.